The van der Waals surface area contributed by atoms with Crippen LogP contribution in [-0.4, -0.2) is 23.0 Å². The minimum atomic E-state index is -0.382. The molecular weight excluding hydrogens is 276 g/mol. The maximum Gasteiger partial charge on any atom is 0.273 e. The number of thiazole rings is 1. The van der Waals surface area contributed by atoms with Crippen molar-refractivity contribution < 1.29 is 4.92 Å². The fourth-order valence-corrected chi connectivity index (χ4v) is 2.44. The van der Waals surface area contributed by atoms with Gasteiger partial charge in [-0.1, -0.05) is 0 Å². The van der Waals surface area contributed by atoms with Gasteiger partial charge in [-0.3, -0.25) is 10.1 Å². The zero-order chi connectivity index (χ0) is 14.4. The summed E-state index contributed by atoms with van der Waals surface area (Å²) in [7, 11) is 0. The number of aromatic nitrogens is 1. The van der Waals surface area contributed by atoms with Gasteiger partial charge in [-0.05, 0) is 13.0 Å². The number of non-ortho nitro benzene ring substituents is 1. The second kappa shape index (κ2) is 6.85. The van der Waals surface area contributed by atoms with Crippen molar-refractivity contribution in [2.24, 2.45) is 0 Å². The van der Waals surface area contributed by atoms with Crippen LogP contribution in [0.1, 0.15) is 11.9 Å². The van der Waals surface area contributed by atoms with Crippen molar-refractivity contribution >= 4 is 28.4 Å². The summed E-state index contributed by atoms with van der Waals surface area (Å²) in [6, 6.07) is 4.95. The van der Waals surface area contributed by atoms with Crippen molar-refractivity contribution in [2.75, 3.05) is 23.7 Å². The highest BCUT2D eigenvalue weighted by Crippen LogP contribution is 2.24. The van der Waals surface area contributed by atoms with Crippen molar-refractivity contribution in [3.8, 4) is 0 Å². The quantitative estimate of drug-likeness (QED) is 0.605. The average molecular weight is 292 g/mol. The van der Waals surface area contributed by atoms with E-state index in [2.05, 4.69) is 15.6 Å². The molecule has 0 atom stereocenters. The van der Waals surface area contributed by atoms with Crippen molar-refractivity contribution in [1.29, 1.82) is 0 Å². The Morgan fingerprint density at radius 2 is 2.05 bits per heavy atom. The first-order valence-corrected chi connectivity index (χ1v) is 7.22. The van der Waals surface area contributed by atoms with E-state index in [4.69, 9.17) is 0 Å². The summed E-state index contributed by atoms with van der Waals surface area (Å²) >= 11 is 1.61. The highest BCUT2D eigenvalue weighted by molar-refractivity contribution is 7.09. The Hall–Kier alpha value is -2.15. The van der Waals surface area contributed by atoms with Crippen molar-refractivity contribution in [3.63, 3.8) is 0 Å². The van der Waals surface area contributed by atoms with E-state index in [-0.39, 0.29) is 10.6 Å². The van der Waals surface area contributed by atoms with Crippen LogP contribution in [-0.2, 0) is 6.42 Å². The number of rotatable bonds is 7. The molecular formula is C13H16N4O2S. The van der Waals surface area contributed by atoms with E-state index in [1.54, 1.807) is 23.6 Å². The molecule has 1 heterocycles. The van der Waals surface area contributed by atoms with E-state index >= 15 is 0 Å². The zero-order valence-electron chi connectivity index (χ0n) is 11.1. The summed E-state index contributed by atoms with van der Waals surface area (Å²) < 4.78 is 0. The molecule has 0 radical (unpaired) electrons. The summed E-state index contributed by atoms with van der Waals surface area (Å²) in [4.78, 5) is 14.7. The van der Waals surface area contributed by atoms with E-state index in [0.717, 1.165) is 29.3 Å². The highest BCUT2D eigenvalue weighted by Gasteiger charge is 2.09. The van der Waals surface area contributed by atoms with Crippen LogP contribution in [0.4, 0.5) is 17.1 Å². The van der Waals surface area contributed by atoms with Crippen molar-refractivity contribution in [1.82, 2.24) is 4.98 Å². The summed E-state index contributed by atoms with van der Waals surface area (Å²) in [6.07, 6.45) is 2.58. The molecule has 0 fully saturated rings. The molecule has 0 aliphatic rings. The summed E-state index contributed by atoms with van der Waals surface area (Å²) in [6.45, 7) is 3.37. The van der Waals surface area contributed by atoms with Crippen LogP contribution < -0.4 is 10.6 Å². The van der Waals surface area contributed by atoms with Gasteiger partial charge in [-0.25, -0.2) is 4.98 Å². The van der Waals surface area contributed by atoms with Crippen LogP contribution in [0.25, 0.3) is 0 Å². The van der Waals surface area contributed by atoms with Crippen molar-refractivity contribution in [3.05, 3.63) is 44.9 Å². The molecule has 0 unspecified atom stereocenters. The SMILES string of the molecule is CCNc1cc(NCCc2nccs2)cc([N+](=O)[O-])c1. The van der Waals surface area contributed by atoms with Gasteiger partial charge in [0.2, 0.25) is 0 Å². The Morgan fingerprint density at radius 3 is 2.65 bits per heavy atom. The molecule has 20 heavy (non-hydrogen) atoms. The number of nitrogens with one attached hydrogen (secondary N) is 2. The van der Waals surface area contributed by atoms with E-state index in [1.807, 2.05) is 18.4 Å². The molecule has 0 amide bonds. The second-order valence-electron chi connectivity index (χ2n) is 4.16. The van der Waals surface area contributed by atoms with E-state index in [1.165, 1.54) is 6.07 Å². The van der Waals surface area contributed by atoms with Gasteiger partial charge in [0.15, 0.2) is 0 Å². The number of nitro groups is 1. The summed E-state index contributed by atoms with van der Waals surface area (Å²) in [5.41, 5.74) is 1.57. The van der Waals surface area contributed by atoms with E-state index in [0.29, 0.717) is 6.54 Å². The first kappa shape index (κ1) is 14.3. The first-order chi connectivity index (χ1) is 9.69. The number of nitro benzene ring substituents is 1. The third-order valence-electron chi connectivity index (χ3n) is 2.66. The van der Waals surface area contributed by atoms with Gasteiger partial charge in [0, 0.05) is 54.6 Å². The average Bonchev–Trinajstić information content (AvgIpc) is 2.92. The standard InChI is InChI=1S/C13H16N4O2S/c1-2-14-10-7-11(9-12(8-10)17(18)19)15-4-3-13-16-5-6-20-13/h5-9,14-15H,2-4H2,1H3. The Labute approximate surface area is 121 Å². The van der Waals surface area contributed by atoms with Crippen LogP contribution in [0, 0.1) is 10.1 Å². The third kappa shape index (κ3) is 3.92. The van der Waals surface area contributed by atoms with Crippen LogP contribution in [0.15, 0.2) is 29.8 Å². The Kier molecular flexibility index (Phi) is 4.89. The van der Waals surface area contributed by atoms with Crippen LogP contribution in [0.3, 0.4) is 0 Å². The summed E-state index contributed by atoms with van der Waals surface area (Å²) in [5.74, 6) is 0. The molecule has 2 aromatic rings. The van der Waals surface area contributed by atoms with Crippen LogP contribution in [0.5, 0.6) is 0 Å². The molecule has 0 spiro atoms. The molecule has 1 aromatic heterocycles. The lowest BCUT2D eigenvalue weighted by molar-refractivity contribution is -0.384. The lowest BCUT2D eigenvalue weighted by Gasteiger charge is -2.09. The Morgan fingerprint density at radius 1 is 1.30 bits per heavy atom. The monoisotopic (exact) mass is 292 g/mol. The summed E-state index contributed by atoms with van der Waals surface area (Å²) in [5, 5.41) is 20.2. The number of hydrogen-bond acceptors (Lipinski definition) is 6. The van der Waals surface area contributed by atoms with Gasteiger partial charge >= 0.3 is 0 Å². The van der Waals surface area contributed by atoms with Crippen LogP contribution in [0.2, 0.25) is 0 Å². The van der Waals surface area contributed by atoms with E-state index in [9.17, 15) is 10.1 Å². The topological polar surface area (TPSA) is 80.1 Å². The lowest BCUT2D eigenvalue weighted by atomic mass is 10.2. The smallest absolute Gasteiger partial charge is 0.273 e. The normalized spacial score (nSPS) is 10.2. The Bertz CT molecular complexity index is 572. The van der Waals surface area contributed by atoms with Gasteiger partial charge in [-0.15, -0.1) is 11.3 Å². The van der Waals surface area contributed by atoms with Gasteiger partial charge in [0.05, 0.1) is 9.93 Å². The van der Waals surface area contributed by atoms with Gasteiger partial charge < -0.3 is 10.6 Å². The highest BCUT2D eigenvalue weighted by atomic mass is 32.1. The zero-order valence-corrected chi connectivity index (χ0v) is 11.9. The van der Waals surface area contributed by atoms with Crippen LogP contribution >= 0.6 is 11.3 Å². The Balaban J connectivity index is 2.03. The number of anilines is 2. The van der Waals surface area contributed by atoms with E-state index < -0.39 is 0 Å². The van der Waals surface area contributed by atoms with Crippen molar-refractivity contribution in [2.45, 2.75) is 13.3 Å². The fourth-order valence-electron chi connectivity index (χ4n) is 1.82. The molecule has 2 rings (SSSR count). The molecule has 106 valence electrons. The number of benzene rings is 1. The molecule has 0 aliphatic heterocycles. The molecule has 7 heteroatoms. The molecule has 6 nitrogen and oxygen atoms in total. The first-order valence-electron chi connectivity index (χ1n) is 6.34. The fraction of sp³-hybridized carbons (Fsp3) is 0.308. The number of nitrogens with zero attached hydrogens (tertiary/aromatic N) is 2. The molecule has 0 bridgehead atoms. The predicted molar refractivity (Wildman–Crippen MR) is 81.6 cm³/mol. The predicted octanol–water partition coefficient (Wildman–Crippen LogP) is 3.14. The van der Waals surface area contributed by atoms with Gasteiger partial charge in [0.25, 0.3) is 5.69 Å². The van der Waals surface area contributed by atoms with Gasteiger partial charge in [0.1, 0.15) is 0 Å². The molecule has 1 aromatic carbocycles. The molecule has 0 aliphatic carbocycles. The largest absolute Gasteiger partial charge is 0.385 e. The minimum Gasteiger partial charge on any atom is -0.385 e. The minimum absolute atomic E-state index is 0.0835. The molecule has 0 saturated heterocycles. The van der Waals surface area contributed by atoms with Gasteiger partial charge in [-0.2, -0.15) is 0 Å². The number of hydrogen-bond donors (Lipinski definition) is 2. The lowest BCUT2D eigenvalue weighted by Crippen LogP contribution is -2.06. The molecule has 0 saturated carbocycles. The molecule has 2 N–H and O–H groups in total. The third-order valence-corrected chi connectivity index (χ3v) is 3.50. The second-order valence-corrected chi connectivity index (χ2v) is 5.14. The maximum atomic E-state index is 10.9. The maximum absolute atomic E-state index is 10.9.